The van der Waals surface area contributed by atoms with Crippen molar-refractivity contribution in [2.24, 2.45) is 0 Å². The molecule has 1 aromatic heterocycles. The van der Waals surface area contributed by atoms with Crippen molar-refractivity contribution < 1.29 is 18.3 Å². The predicted octanol–water partition coefficient (Wildman–Crippen LogP) is 3.90. The lowest BCUT2D eigenvalue weighted by molar-refractivity contribution is 0.197. The second-order valence-electron chi connectivity index (χ2n) is 3.67. The fourth-order valence-electron chi connectivity index (χ4n) is 1.55. The van der Waals surface area contributed by atoms with Crippen molar-refractivity contribution in [1.29, 1.82) is 0 Å². The van der Waals surface area contributed by atoms with Crippen molar-refractivity contribution in [3.05, 3.63) is 24.3 Å². The number of fused-ring (bicyclic) bond motifs is 1. The summed E-state index contributed by atoms with van der Waals surface area (Å²) in [6.45, 7) is 4.17. The van der Waals surface area contributed by atoms with E-state index in [1.807, 2.05) is 24.3 Å². The lowest BCUT2D eigenvalue weighted by Crippen LogP contribution is -2.05. The molecule has 2 aromatic rings. The van der Waals surface area contributed by atoms with Gasteiger partial charge < -0.3 is 13.8 Å². The fourth-order valence-corrected chi connectivity index (χ4v) is 3.75. The number of benzene rings is 1. The van der Waals surface area contributed by atoms with Gasteiger partial charge in [-0.15, -0.1) is 0 Å². The molecule has 0 amide bonds. The molecule has 0 aliphatic carbocycles. The molecule has 1 aromatic carbocycles. The Morgan fingerprint density at radius 2 is 1.89 bits per heavy atom. The molecule has 0 fully saturated rings. The average Bonchev–Trinajstić information content (AvgIpc) is 2.80. The number of hydrogen-bond acceptors (Lipinski definition) is 6. The van der Waals surface area contributed by atoms with Gasteiger partial charge in [-0.25, -0.2) is 4.98 Å². The van der Waals surface area contributed by atoms with Crippen molar-refractivity contribution >= 4 is 29.1 Å². The number of para-hydroxylation sites is 1. The maximum atomic E-state index is 12.2. The summed E-state index contributed by atoms with van der Waals surface area (Å²) < 4.78 is 29.0. The van der Waals surface area contributed by atoms with Crippen LogP contribution in [0.1, 0.15) is 13.8 Å². The summed E-state index contributed by atoms with van der Waals surface area (Å²) in [7, 11) is -3.18. The van der Waals surface area contributed by atoms with E-state index in [-0.39, 0.29) is 6.35 Å². The van der Waals surface area contributed by atoms with E-state index in [1.54, 1.807) is 13.8 Å². The Morgan fingerprint density at radius 1 is 1.21 bits per heavy atom. The van der Waals surface area contributed by atoms with E-state index in [9.17, 15) is 4.57 Å². The van der Waals surface area contributed by atoms with Crippen LogP contribution in [-0.4, -0.2) is 24.5 Å². The smallest absolute Gasteiger partial charge is 0.367 e. The first-order valence-electron chi connectivity index (χ1n) is 6.03. The van der Waals surface area contributed by atoms with Crippen LogP contribution in [0.3, 0.4) is 0 Å². The Hall–Kier alpha value is -0.940. The lowest BCUT2D eigenvalue weighted by Gasteiger charge is -2.16. The zero-order valence-corrected chi connectivity index (χ0v) is 12.6. The van der Waals surface area contributed by atoms with E-state index in [0.29, 0.717) is 18.4 Å². The van der Waals surface area contributed by atoms with Crippen molar-refractivity contribution in [3.8, 4) is 5.19 Å². The Labute approximate surface area is 116 Å². The first-order valence-corrected chi connectivity index (χ1v) is 8.58. The molecule has 1 heterocycles. The molecule has 0 aliphatic rings. The summed E-state index contributed by atoms with van der Waals surface area (Å²) in [4.78, 5) is 4.30. The summed E-state index contributed by atoms with van der Waals surface area (Å²) >= 11 is 1.41. The maximum absolute atomic E-state index is 12.2. The first-order chi connectivity index (χ1) is 9.17. The van der Waals surface area contributed by atoms with Gasteiger partial charge in [-0.05, 0) is 26.0 Å². The Bertz CT molecular complexity index is 543. The van der Waals surface area contributed by atoms with Crippen molar-refractivity contribution in [2.45, 2.75) is 13.8 Å². The molecule has 0 bridgehead atoms. The maximum Gasteiger partial charge on any atom is 0.367 e. The molecule has 7 heteroatoms. The molecule has 0 aliphatic heterocycles. The molecule has 0 radical (unpaired) electrons. The van der Waals surface area contributed by atoms with Gasteiger partial charge in [0.1, 0.15) is 0 Å². The van der Waals surface area contributed by atoms with Crippen LogP contribution in [0.4, 0.5) is 0 Å². The summed E-state index contributed by atoms with van der Waals surface area (Å²) in [5.41, 5.74) is 0.866. The topological polar surface area (TPSA) is 57.7 Å². The molecule has 2 rings (SSSR count). The molecule has 0 saturated heterocycles. The van der Waals surface area contributed by atoms with Crippen LogP contribution in [0, 0.1) is 0 Å². The van der Waals surface area contributed by atoms with Gasteiger partial charge in [0.25, 0.3) is 5.19 Å². The van der Waals surface area contributed by atoms with E-state index in [1.165, 1.54) is 11.3 Å². The van der Waals surface area contributed by atoms with Crippen LogP contribution >= 0.6 is 18.9 Å². The fraction of sp³-hybridized carbons (Fsp3) is 0.417. The van der Waals surface area contributed by atoms with Gasteiger partial charge in [0, 0.05) is 0 Å². The third-order valence-corrected chi connectivity index (χ3v) is 4.97. The minimum atomic E-state index is -3.18. The summed E-state index contributed by atoms with van der Waals surface area (Å²) in [5, 5.41) is 0.473. The average molecular weight is 301 g/mol. The summed E-state index contributed by atoms with van der Waals surface area (Å²) in [6.07, 6.45) is -0.117. The lowest BCUT2D eigenvalue weighted by atomic mass is 10.3. The minimum Gasteiger partial charge on any atom is -0.457 e. The van der Waals surface area contributed by atoms with Crippen LogP contribution in [0.2, 0.25) is 0 Å². The van der Waals surface area contributed by atoms with E-state index in [4.69, 9.17) is 13.8 Å². The van der Waals surface area contributed by atoms with Gasteiger partial charge in [0.2, 0.25) is 0 Å². The molecule has 0 unspecified atom stereocenters. The van der Waals surface area contributed by atoms with Crippen LogP contribution in [0.15, 0.2) is 24.3 Å². The molecular weight excluding hydrogens is 285 g/mol. The highest BCUT2D eigenvalue weighted by Gasteiger charge is 2.25. The number of aromatic nitrogens is 1. The molecule has 19 heavy (non-hydrogen) atoms. The highest BCUT2D eigenvalue weighted by molar-refractivity contribution is 7.53. The standard InChI is InChI=1S/C12H16NO4PS/c1-3-16-18(14,17-4-2)9-15-12-13-10-7-5-6-8-11(10)19-12/h5-8H,3-4,9H2,1-2H3. The van der Waals surface area contributed by atoms with Crippen molar-refractivity contribution in [3.63, 3.8) is 0 Å². The van der Waals surface area contributed by atoms with Gasteiger partial charge in [0.15, 0.2) is 6.35 Å². The molecule has 0 spiro atoms. The Morgan fingerprint density at radius 3 is 2.53 bits per heavy atom. The second-order valence-corrected chi connectivity index (χ2v) is 6.66. The summed E-state index contributed by atoms with van der Waals surface area (Å²) in [5.74, 6) is 0. The predicted molar refractivity (Wildman–Crippen MR) is 76.0 cm³/mol. The summed E-state index contributed by atoms with van der Waals surface area (Å²) in [6, 6.07) is 7.72. The molecule has 0 N–H and O–H groups in total. The number of rotatable bonds is 7. The molecule has 0 atom stereocenters. The highest BCUT2D eigenvalue weighted by Crippen LogP contribution is 2.48. The largest absolute Gasteiger partial charge is 0.457 e. The van der Waals surface area contributed by atoms with Gasteiger partial charge >= 0.3 is 7.60 Å². The molecule has 5 nitrogen and oxygen atoms in total. The number of thiazole rings is 1. The van der Waals surface area contributed by atoms with E-state index in [2.05, 4.69) is 4.98 Å². The Balaban J connectivity index is 2.06. The highest BCUT2D eigenvalue weighted by atomic mass is 32.1. The second kappa shape index (κ2) is 6.48. The number of nitrogens with zero attached hydrogens (tertiary/aromatic N) is 1. The van der Waals surface area contributed by atoms with Crippen LogP contribution in [-0.2, 0) is 13.6 Å². The molecular formula is C12H16NO4PS. The third kappa shape index (κ3) is 3.76. The number of ether oxygens (including phenoxy) is 1. The van der Waals surface area contributed by atoms with Gasteiger partial charge in [-0.3, -0.25) is 4.57 Å². The van der Waals surface area contributed by atoms with Crippen LogP contribution in [0.5, 0.6) is 5.19 Å². The van der Waals surface area contributed by atoms with Crippen molar-refractivity contribution in [1.82, 2.24) is 4.98 Å². The number of hydrogen-bond donors (Lipinski definition) is 0. The monoisotopic (exact) mass is 301 g/mol. The minimum absolute atomic E-state index is 0.117. The zero-order chi connectivity index (χ0) is 13.7. The normalized spacial score (nSPS) is 11.9. The SMILES string of the molecule is CCOP(=O)(COc1nc2ccccc2s1)OCC. The van der Waals surface area contributed by atoms with E-state index < -0.39 is 7.60 Å². The van der Waals surface area contributed by atoms with Gasteiger partial charge in [0.05, 0.1) is 23.4 Å². The first kappa shape index (κ1) is 14.5. The van der Waals surface area contributed by atoms with E-state index >= 15 is 0 Å². The molecule has 104 valence electrons. The van der Waals surface area contributed by atoms with Gasteiger partial charge in [-0.1, -0.05) is 23.5 Å². The quantitative estimate of drug-likeness (QED) is 0.726. The van der Waals surface area contributed by atoms with Crippen molar-refractivity contribution in [2.75, 3.05) is 19.6 Å². The molecule has 0 saturated carbocycles. The third-order valence-electron chi connectivity index (χ3n) is 2.27. The zero-order valence-electron chi connectivity index (χ0n) is 10.9. The Kier molecular flexibility index (Phi) is 4.93. The van der Waals surface area contributed by atoms with Crippen LogP contribution in [0.25, 0.3) is 10.2 Å². The van der Waals surface area contributed by atoms with E-state index in [0.717, 1.165) is 10.2 Å². The van der Waals surface area contributed by atoms with Gasteiger partial charge in [-0.2, -0.15) is 0 Å². The van der Waals surface area contributed by atoms with Crippen LogP contribution < -0.4 is 4.74 Å².